The molecule has 0 unspecified atom stereocenters. The van der Waals surface area contributed by atoms with Gasteiger partial charge in [0.25, 0.3) is 0 Å². The molecule has 112 valence electrons. The molecule has 19 heavy (non-hydrogen) atoms. The van der Waals surface area contributed by atoms with Gasteiger partial charge in [0.15, 0.2) is 6.10 Å². The fraction of sp³-hybridized carbons (Fsp3) is 0.833. The number of hydrogen-bond donors (Lipinski definition) is 5. The Bertz CT molecular complexity index is 339. The summed E-state index contributed by atoms with van der Waals surface area (Å²) in [5, 5.41) is 39.3. The Morgan fingerprint density at radius 2 is 1.53 bits per heavy atom. The van der Waals surface area contributed by atoms with Crippen LogP contribution in [0.25, 0.3) is 0 Å². The van der Waals surface area contributed by atoms with Crippen LogP contribution in [-0.4, -0.2) is 57.7 Å². The summed E-state index contributed by atoms with van der Waals surface area (Å²) in [5.41, 5.74) is -2.08. The first kappa shape index (κ1) is 17.8. The van der Waals surface area contributed by atoms with Crippen LogP contribution in [0.1, 0.15) is 27.7 Å². The zero-order valence-electron chi connectivity index (χ0n) is 11.7. The molecule has 5 N–H and O–H groups in total. The van der Waals surface area contributed by atoms with Gasteiger partial charge < -0.3 is 25.7 Å². The number of aliphatic hydroxyl groups excluding tert-OH is 3. The van der Waals surface area contributed by atoms with Crippen molar-refractivity contribution in [3.05, 3.63) is 0 Å². The Morgan fingerprint density at radius 3 is 1.89 bits per heavy atom. The molecule has 0 saturated carbocycles. The highest BCUT2D eigenvalue weighted by molar-refractivity contribution is 5.81. The number of rotatable bonds is 7. The Balaban J connectivity index is 4.57. The number of carboxylic acids is 1. The van der Waals surface area contributed by atoms with E-state index in [4.69, 9.17) is 10.2 Å². The van der Waals surface area contributed by atoms with E-state index in [1.165, 1.54) is 27.7 Å². The van der Waals surface area contributed by atoms with Crippen LogP contribution in [0.3, 0.4) is 0 Å². The highest BCUT2D eigenvalue weighted by Gasteiger charge is 2.37. The average Bonchev–Trinajstić information content (AvgIpc) is 2.33. The minimum Gasteiger partial charge on any atom is -0.479 e. The lowest BCUT2D eigenvalue weighted by atomic mass is 9.85. The maximum Gasteiger partial charge on any atom is 0.333 e. The highest BCUT2D eigenvalue weighted by Crippen LogP contribution is 2.22. The second-order valence-electron chi connectivity index (χ2n) is 6.00. The van der Waals surface area contributed by atoms with Crippen molar-refractivity contribution in [3.8, 4) is 0 Å². The number of aliphatic hydroxyl groups is 3. The molecule has 0 aromatic carbocycles. The third-order valence-corrected chi connectivity index (χ3v) is 3.09. The lowest BCUT2D eigenvalue weighted by molar-refractivity contribution is -0.154. The highest BCUT2D eigenvalue weighted by atomic mass is 16.4. The molecule has 0 fully saturated rings. The second kappa shape index (κ2) is 6.31. The number of aliphatic carboxylic acids is 1. The summed E-state index contributed by atoms with van der Waals surface area (Å²) in [6.07, 6.45) is -3.05. The first-order valence-corrected chi connectivity index (χ1v) is 5.93. The zero-order chi connectivity index (χ0) is 15.4. The van der Waals surface area contributed by atoms with E-state index in [1.54, 1.807) is 0 Å². The lowest BCUT2D eigenvalue weighted by Crippen LogP contribution is -2.50. The number of carbonyl (C=O) groups excluding carboxylic acids is 1. The number of carbonyl (C=O) groups is 2. The molecule has 2 atom stereocenters. The van der Waals surface area contributed by atoms with Crippen molar-refractivity contribution >= 4 is 11.9 Å². The van der Waals surface area contributed by atoms with E-state index in [0.717, 1.165) is 0 Å². The van der Waals surface area contributed by atoms with Gasteiger partial charge >= 0.3 is 5.97 Å². The monoisotopic (exact) mass is 277 g/mol. The Hall–Kier alpha value is -1.18. The molecule has 0 spiro atoms. The molecule has 0 saturated heterocycles. The number of carboxylic acid groups (broad SMARTS) is 1. The second-order valence-corrected chi connectivity index (χ2v) is 6.00. The predicted molar refractivity (Wildman–Crippen MR) is 67.3 cm³/mol. The Morgan fingerprint density at radius 1 is 1.05 bits per heavy atom. The molecule has 0 heterocycles. The normalized spacial score (nSPS) is 15.7. The van der Waals surface area contributed by atoms with Gasteiger partial charge in [0.1, 0.15) is 6.10 Å². The van der Waals surface area contributed by atoms with Gasteiger partial charge in [-0.15, -0.1) is 0 Å². The summed E-state index contributed by atoms with van der Waals surface area (Å²) in [7, 11) is 0. The minimum absolute atomic E-state index is 0.113. The molecule has 0 aromatic rings. The van der Waals surface area contributed by atoms with Gasteiger partial charge in [-0.2, -0.15) is 0 Å². The van der Waals surface area contributed by atoms with Crippen LogP contribution >= 0.6 is 0 Å². The van der Waals surface area contributed by atoms with E-state index < -0.39 is 34.9 Å². The van der Waals surface area contributed by atoms with Gasteiger partial charge in [-0.05, 0) is 0 Å². The van der Waals surface area contributed by atoms with E-state index in [2.05, 4.69) is 5.32 Å². The predicted octanol–water partition coefficient (Wildman–Crippen LogP) is -1.05. The van der Waals surface area contributed by atoms with Crippen molar-refractivity contribution < 1.29 is 30.0 Å². The quantitative estimate of drug-likeness (QED) is 0.404. The van der Waals surface area contributed by atoms with E-state index in [1.807, 2.05) is 0 Å². The number of amides is 1. The van der Waals surface area contributed by atoms with Gasteiger partial charge in [-0.25, -0.2) is 4.79 Å². The molecular formula is C12H23NO6. The number of hydrogen-bond acceptors (Lipinski definition) is 5. The molecule has 0 aliphatic carbocycles. The largest absolute Gasteiger partial charge is 0.479 e. The van der Waals surface area contributed by atoms with Gasteiger partial charge in [-0.3, -0.25) is 4.79 Å². The molecule has 7 heteroatoms. The third kappa shape index (κ3) is 4.77. The first-order chi connectivity index (χ1) is 8.45. The topological polar surface area (TPSA) is 127 Å². The van der Waals surface area contributed by atoms with Crippen molar-refractivity contribution in [2.75, 3.05) is 13.2 Å². The van der Waals surface area contributed by atoms with E-state index in [9.17, 15) is 19.8 Å². The van der Waals surface area contributed by atoms with Crippen LogP contribution in [0.4, 0.5) is 0 Å². The zero-order valence-corrected chi connectivity index (χ0v) is 11.7. The van der Waals surface area contributed by atoms with Crippen molar-refractivity contribution in [3.63, 3.8) is 0 Å². The SMILES string of the molecule is CC(C)(CO)[C@H](O)C(=O)NCC(C)(C)[C@@H](O)C(=O)O. The molecule has 0 bridgehead atoms. The van der Waals surface area contributed by atoms with Crippen LogP contribution in [0.2, 0.25) is 0 Å². The summed E-state index contributed by atoms with van der Waals surface area (Å²) in [5.74, 6) is -2.10. The third-order valence-electron chi connectivity index (χ3n) is 3.09. The van der Waals surface area contributed by atoms with Gasteiger partial charge in [0.05, 0.1) is 6.61 Å². The summed E-state index contributed by atoms with van der Waals surface area (Å²) in [6.45, 7) is 5.52. The van der Waals surface area contributed by atoms with Crippen molar-refractivity contribution in [1.29, 1.82) is 0 Å². The molecule has 0 radical (unpaired) electrons. The summed E-state index contributed by atoms with van der Waals surface area (Å²) >= 11 is 0. The minimum atomic E-state index is -1.63. The molecule has 7 nitrogen and oxygen atoms in total. The van der Waals surface area contributed by atoms with Crippen molar-refractivity contribution in [2.24, 2.45) is 10.8 Å². The molecule has 0 aromatic heterocycles. The van der Waals surface area contributed by atoms with Crippen LogP contribution in [-0.2, 0) is 9.59 Å². The van der Waals surface area contributed by atoms with Gasteiger partial charge in [0, 0.05) is 17.4 Å². The van der Waals surface area contributed by atoms with Crippen LogP contribution in [0, 0.1) is 10.8 Å². The smallest absolute Gasteiger partial charge is 0.333 e. The molecule has 0 aliphatic heterocycles. The summed E-state index contributed by atoms with van der Waals surface area (Å²) < 4.78 is 0. The number of nitrogens with one attached hydrogen (secondary N) is 1. The van der Waals surface area contributed by atoms with Crippen LogP contribution < -0.4 is 5.32 Å². The first-order valence-electron chi connectivity index (χ1n) is 5.93. The van der Waals surface area contributed by atoms with Crippen molar-refractivity contribution in [1.82, 2.24) is 5.32 Å². The lowest BCUT2D eigenvalue weighted by Gasteiger charge is -2.31. The molecule has 0 aliphatic rings. The van der Waals surface area contributed by atoms with E-state index in [-0.39, 0.29) is 13.2 Å². The molecule has 1 amide bonds. The van der Waals surface area contributed by atoms with Crippen LogP contribution in [0.5, 0.6) is 0 Å². The van der Waals surface area contributed by atoms with Gasteiger partial charge in [0.2, 0.25) is 5.91 Å². The van der Waals surface area contributed by atoms with Crippen molar-refractivity contribution in [2.45, 2.75) is 39.9 Å². The standard InChI is InChI=1S/C12H23NO6/c1-11(2,8(16)10(18)19)5-13-9(17)7(15)12(3,4)6-14/h7-8,14-16H,5-6H2,1-4H3,(H,13,17)(H,18,19)/t7-,8+/m1/s1. The van der Waals surface area contributed by atoms with E-state index >= 15 is 0 Å². The fourth-order valence-corrected chi connectivity index (χ4v) is 1.28. The van der Waals surface area contributed by atoms with Crippen LogP contribution in [0.15, 0.2) is 0 Å². The fourth-order valence-electron chi connectivity index (χ4n) is 1.28. The maximum atomic E-state index is 11.7. The maximum absolute atomic E-state index is 11.7. The van der Waals surface area contributed by atoms with E-state index in [0.29, 0.717) is 0 Å². The Labute approximate surface area is 112 Å². The summed E-state index contributed by atoms with van der Waals surface area (Å²) in [4.78, 5) is 22.4. The molecule has 0 rings (SSSR count). The van der Waals surface area contributed by atoms with Gasteiger partial charge in [-0.1, -0.05) is 27.7 Å². The average molecular weight is 277 g/mol. The molecular weight excluding hydrogens is 254 g/mol. The summed E-state index contributed by atoms with van der Waals surface area (Å²) in [6, 6.07) is 0. The Kier molecular flexibility index (Phi) is 5.92.